The summed E-state index contributed by atoms with van der Waals surface area (Å²) in [5, 5.41) is 11.9. The third-order valence-electron chi connectivity index (χ3n) is 8.38. The summed E-state index contributed by atoms with van der Waals surface area (Å²) in [5.41, 5.74) is 3.05. The number of rotatable bonds is 12. The van der Waals surface area contributed by atoms with E-state index in [1.807, 2.05) is 54.6 Å². The number of carbonyl (C=O) groups excluding carboxylic acids is 2. The van der Waals surface area contributed by atoms with Gasteiger partial charge in [0.1, 0.15) is 17.6 Å². The van der Waals surface area contributed by atoms with Gasteiger partial charge in [0.2, 0.25) is 17.6 Å². The van der Waals surface area contributed by atoms with E-state index >= 15 is 0 Å². The molecule has 10 heteroatoms. The number of methoxy groups -OCH3 is 3. The Bertz CT molecular complexity index is 1540. The number of ether oxygens (including phenoxy) is 3. The Balaban J connectivity index is 1.60. The molecule has 1 N–H and O–H groups in total. The first kappa shape index (κ1) is 30.8. The average Bonchev–Trinajstić information content (AvgIpc) is 3.50. The first-order valence-electron chi connectivity index (χ1n) is 15.2. The molecule has 5 rings (SSSR count). The molecule has 0 spiro atoms. The fourth-order valence-electron chi connectivity index (χ4n) is 6.04. The lowest BCUT2D eigenvalue weighted by Crippen LogP contribution is -2.49. The average molecular weight is 600 g/mol. The molecule has 0 saturated heterocycles. The van der Waals surface area contributed by atoms with Crippen molar-refractivity contribution < 1.29 is 23.8 Å². The lowest BCUT2D eigenvalue weighted by Gasteiger charge is -2.35. The van der Waals surface area contributed by atoms with E-state index in [4.69, 9.17) is 14.2 Å². The standard InChI is InChI=1S/C34H41N5O5/c1-23(39-28-18-12-11-17-27(28)36-37-39)34(41)38(20-19-24-13-7-5-8-14-24)31(33(40)35-26-15-9-6-10-16-26)25-21-29(42-2)32(44-4)30(22-25)43-3/h5,7-8,11-14,17-18,21-23,26,31H,6,9-10,15-16,19-20H2,1-4H3,(H,35,40)/t23-,31+/m1/s1. The highest BCUT2D eigenvalue weighted by molar-refractivity contribution is 5.91. The Labute approximate surface area is 258 Å². The number of amides is 2. The molecule has 1 heterocycles. The van der Waals surface area contributed by atoms with E-state index in [0.717, 1.165) is 43.2 Å². The Morgan fingerprint density at radius 1 is 0.932 bits per heavy atom. The van der Waals surface area contributed by atoms with E-state index < -0.39 is 12.1 Å². The van der Waals surface area contributed by atoms with Crippen molar-refractivity contribution in [1.29, 1.82) is 0 Å². The minimum absolute atomic E-state index is 0.0450. The van der Waals surface area contributed by atoms with Gasteiger partial charge < -0.3 is 24.4 Å². The molecule has 0 radical (unpaired) electrons. The van der Waals surface area contributed by atoms with Crippen molar-refractivity contribution in [1.82, 2.24) is 25.2 Å². The molecular weight excluding hydrogens is 558 g/mol. The van der Waals surface area contributed by atoms with Crippen LogP contribution in [0.4, 0.5) is 0 Å². The van der Waals surface area contributed by atoms with E-state index in [1.54, 1.807) is 28.6 Å². The molecule has 1 aliphatic rings. The van der Waals surface area contributed by atoms with Gasteiger partial charge in [-0.25, -0.2) is 4.68 Å². The van der Waals surface area contributed by atoms with Crippen LogP contribution in [0.1, 0.15) is 62.2 Å². The van der Waals surface area contributed by atoms with Gasteiger partial charge in [0.15, 0.2) is 11.5 Å². The fraction of sp³-hybridized carbons (Fsp3) is 0.412. The van der Waals surface area contributed by atoms with Crippen molar-refractivity contribution in [2.24, 2.45) is 0 Å². The third-order valence-corrected chi connectivity index (χ3v) is 8.38. The number of benzene rings is 3. The number of nitrogens with zero attached hydrogens (tertiary/aromatic N) is 4. The topological polar surface area (TPSA) is 108 Å². The smallest absolute Gasteiger partial charge is 0.248 e. The van der Waals surface area contributed by atoms with Gasteiger partial charge in [-0.05, 0) is 61.6 Å². The van der Waals surface area contributed by atoms with Crippen LogP contribution in [0.25, 0.3) is 11.0 Å². The van der Waals surface area contributed by atoms with Crippen LogP contribution in [0.2, 0.25) is 0 Å². The summed E-state index contributed by atoms with van der Waals surface area (Å²) in [6, 6.07) is 19.3. The molecule has 4 aromatic rings. The normalized spacial score (nSPS) is 14.9. The van der Waals surface area contributed by atoms with Crippen molar-refractivity contribution in [3.05, 3.63) is 77.9 Å². The largest absolute Gasteiger partial charge is 0.493 e. The van der Waals surface area contributed by atoms with E-state index in [0.29, 0.717) is 41.3 Å². The zero-order chi connectivity index (χ0) is 31.1. The Morgan fingerprint density at radius 3 is 2.25 bits per heavy atom. The summed E-state index contributed by atoms with van der Waals surface area (Å²) in [6.07, 6.45) is 5.66. The van der Waals surface area contributed by atoms with Crippen molar-refractivity contribution >= 4 is 22.8 Å². The Hall–Kier alpha value is -4.60. The molecule has 3 aromatic carbocycles. The second-order valence-corrected chi connectivity index (χ2v) is 11.2. The van der Waals surface area contributed by atoms with Crippen LogP contribution in [0.15, 0.2) is 66.7 Å². The van der Waals surface area contributed by atoms with Gasteiger partial charge in [-0.2, -0.15) is 0 Å². The number of hydrogen-bond donors (Lipinski definition) is 1. The molecule has 1 aromatic heterocycles. The molecule has 2 amide bonds. The summed E-state index contributed by atoms with van der Waals surface area (Å²) in [6.45, 7) is 2.09. The number of nitrogens with one attached hydrogen (secondary N) is 1. The first-order chi connectivity index (χ1) is 21.4. The van der Waals surface area contributed by atoms with Gasteiger partial charge in [-0.3, -0.25) is 9.59 Å². The highest BCUT2D eigenvalue weighted by Crippen LogP contribution is 2.41. The first-order valence-corrected chi connectivity index (χ1v) is 15.2. The molecule has 232 valence electrons. The number of fused-ring (bicyclic) bond motifs is 1. The minimum Gasteiger partial charge on any atom is -0.493 e. The lowest BCUT2D eigenvalue weighted by atomic mass is 9.94. The van der Waals surface area contributed by atoms with Gasteiger partial charge in [-0.15, -0.1) is 5.10 Å². The molecule has 1 aliphatic carbocycles. The van der Waals surface area contributed by atoms with Gasteiger partial charge in [0.05, 0.1) is 26.8 Å². The fourth-order valence-corrected chi connectivity index (χ4v) is 6.04. The summed E-state index contributed by atoms with van der Waals surface area (Å²) in [4.78, 5) is 30.7. The molecule has 0 aliphatic heterocycles. The van der Waals surface area contributed by atoms with Crippen LogP contribution in [0.3, 0.4) is 0 Å². The molecule has 1 fully saturated rings. The number of para-hydroxylation sites is 1. The molecule has 1 saturated carbocycles. The summed E-state index contributed by atoms with van der Waals surface area (Å²) in [7, 11) is 4.61. The molecule has 44 heavy (non-hydrogen) atoms. The van der Waals surface area contributed by atoms with Gasteiger partial charge in [-0.1, -0.05) is 66.9 Å². The van der Waals surface area contributed by atoms with Crippen LogP contribution in [-0.2, 0) is 16.0 Å². The molecule has 0 unspecified atom stereocenters. The Morgan fingerprint density at radius 2 is 1.59 bits per heavy atom. The molecule has 10 nitrogen and oxygen atoms in total. The maximum absolute atomic E-state index is 14.6. The van der Waals surface area contributed by atoms with Crippen molar-refractivity contribution in [3.8, 4) is 17.2 Å². The second kappa shape index (κ2) is 14.2. The quantitative estimate of drug-likeness (QED) is 0.236. The summed E-state index contributed by atoms with van der Waals surface area (Å²) in [5.74, 6) is 0.721. The molecule has 2 atom stereocenters. The molecular formula is C34H41N5O5. The minimum atomic E-state index is -0.973. The number of aromatic nitrogens is 3. The lowest BCUT2D eigenvalue weighted by molar-refractivity contribution is -0.143. The number of carbonyl (C=O) groups is 2. The second-order valence-electron chi connectivity index (χ2n) is 11.2. The highest BCUT2D eigenvalue weighted by Gasteiger charge is 2.37. The van der Waals surface area contributed by atoms with Crippen molar-refractivity contribution in [2.75, 3.05) is 27.9 Å². The monoisotopic (exact) mass is 599 g/mol. The predicted octanol–water partition coefficient (Wildman–Crippen LogP) is 5.28. The predicted molar refractivity (Wildman–Crippen MR) is 168 cm³/mol. The van der Waals surface area contributed by atoms with Crippen LogP contribution in [0.5, 0.6) is 17.2 Å². The Kier molecular flexibility index (Phi) is 9.99. The maximum Gasteiger partial charge on any atom is 0.248 e. The maximum atomic E-state index is 14.6. The van der Waals surface area contributed by atoms with Crippen LogP contribution in [0, 0.1) is 0 Å². The third kappa shape index (κ3) is 6.64. The zero-order valence-corrected chi connectivity index (χ0v) is 25.9. The van der Waals surface area contributed by atoms with Crippen molar-refractivity contribution in [2.45, 2.75) is 63.6 Å². The van der Waals surface area contributed by atoms with Crippen LogP contribution < -0.4 is 19.5 Å². The highest BCUT2D eigenvalue weighted by atomic mass is 16.5. The van der Waals surface area contributed by atoms with Crippen LogP contribution >= 0.6 is 0 Å². The summed E-state index contributed by atoms with van der Waals surface area (Å²) < 4.78 is 18.5. The number of hydrogen-bond acceptors (Lipinski definition) is 7. The van der Waals surface area contributed by atoms with E-state index in [-0.39, 0.29) is 17.9 Å². The van der Waals surface area contributed by atoms with Gasteiger partial charge >= 0.3 is 0 Å². The van der Waals surface area contributed by atoms with Gasteiger partial charge in [0.25, 0.3) is 0 Å². The van der Waals surface area contributed by atoms with E-state index in [9.17, 15) is 9.59 Å². The molecule has 0 bridgehead atoms. The van der Waals surface area contributed by atoms with E-state index in [2.05, 4.69) is 15.6 Å². The SMILES string of the molecule is COc1cc([C@@H](C(=O)NC2CCCCC2)N(CCc2ccccc2)C(=O)[C@@H](C)n2nnc3ccccc32)cc(OC)c1OC. The summed E-state index contributed by atoms with van der Waals surface area (Å²) >= 11 is 0. The van der Waals surface area contributed by atoms with Gasteiger partial charge in [0, 0.05) is 12.6 Å². The van der Waals surface area contributed by atoms with Crippen molar-refractivity contribution in [3.63, 3.8) is 0 Å². The van der Waals surface area contributed by atoms with E-state index in [1.165, 1.54) is 21.3 Å². The zero-order valence-electron chi connectivity index (χ0n) is 25.9. The van der Waals surface area contributed by atoms with Crippen LogP contribution in [-0.4, -0.2) is 65.6 Å².